The zero-order valence-corrected chi connectivity index (χ0v) is 14.8. The van der Waals surface area contributed by atoms with Crippen molar-refractivity contribution in [3.63, 3.8) is 0 Å². The summed E-state index contributed by atoms with van der Waals surface area (Å²) in [5.74, 6) is 0.839. The summed E-state index contributed by atoms with van der Waals surface area (Å²) in [6, 6.07) is 14.4. The Kier molecular flexibility index (Phi) is 5.96. The van der Waals surface area contributed by atoms with Gasteiger partial charge in [0.15, 0.2) is 0 Å². The third-order valence-electron chi connectivity index (χ3n) is 3.93. The first-order valence-corrected chi connectivity index (χ1v) is 7.86. The second-order valence-electron chi connectivity index (χ2n) is 5.51. The highest BCUT2D eigenvalue weighted by molar-refractivity contribution is 5.85. The highest BCUT2D eigenvalue weighted by Crippen LogP contribution is 2.32. The molecule has 0 spiro atoms. The second-order valence-corrected chi connectivity index (χ2v) is 5.51. The number of aryl methyl sites for hydroxylation is 1. The number of hydrogen-bond donors (Lipinski definition) is 0. The van der Waals surface area contributed by atoms with Crippen LogP contribution in [0.2, 0.25) is 0 Å². The maximum Gasteiger partial charge on any atom is 0.119 e. The molecule has 124 valence electrons. The number of anilines is 2. The van der Waals surface area contributed by atoms with Gasteiger partial charge in [-0.1, -0.05) is 18.7 Å². The number of aliphatic imine (C=N–C) groups is 1. The summed E-state index contributed by atoms with van der Waals surface area (Å²) in [4.78, 5) is 6.10. The van der Waals surface area contributed by atoms with Crippen molar-refractivity contribution in [2.24, 2.45) is 4.99 Å². The Morgan fingerprint density at radius 2 is 1.88 bits per heavy atom. The maximum absolute atomic E-state index is 5.24. The van der Waals surface area contributed by atoms with E-state index in [1.54, 1.807) is 14.2 Å². The predicted molar refractivity (Wildman–Crippen MR) is 105 cm³/mol. The van der Waals surface area contributed by atoms with Crippen LogP contribution in [0.25, 0.3) is 5.57 Å². The van der Waals surface area contributed by atoms with Crippen molar-refractivity contribution in [1.29, 1.82) is 0 Å². The Morgan fingerprint density at radius 3 is 2.46 bits per heavy atom. The van der Waals surface area contributed by atoms with Crippen LogP contribution in [0.15, 0.2) is 66.3 Å². The molecule has 0 unspecified atom stereocenters. The molecule has 3 nitrogen and oxygen atoms in total. The van der Waals surface area contributed by atoms with Crippen LogP contribution in [0.3, 0.4) is 0 Å². The first-order chi connectivity index (χ1) is 11.6. The summed E-state index contributed by atoms with van der Waals surface area (Å²) in [5.41, 5.74) is 5.67. The molecule has 0 aliphatic carbocycles. The number of allylic oxidation sites excluding steroid dienone is 2. The largest absolute Gasteiger partial charge is 0.497 e. The second kappa shape index (κ2) is 8.16. The molecular formula is C21H24N2O. The zero-order chi connectivity index (χ0) is 17.5. The third-order valence-corrected chi connectivity index (χ3v) is 3.93. The van der Waals surface area contributed by atoms with Crippen LogP contribution in [0.5, 0.6) is 5.75 Å². The lowest BCUT2D eigenvalue weighted by atomic mass is 10.0. The fourth-order valence-corrected chi connectivity index (χ4v) is 2.48. The van der Waals surface area contributed by atoms with E-state index in [-0.39, 0.29) is 0 Å². The number of nitrogens with zero attached hydrogens (tertiary/aromatic N) is 2. The highest BCUT2D eigenvalue weighted by atomic mass is 16.5. The van der Waals surface area contributed by atoms with E-state index in [1.165, 1.54) is 11.1 Å². The van der Waals surface area contributed by atoms with Gasteiger partial charge in [-0.25, -0.2) is 0 Å². The van der Waals surface area contributed by atoms with Crippen LogP contribution >= 0.6 is 0 Å². The zero-order valence-electron chi connectivity index (χ0n) is 14.8. The number of ether oxygens (including phenoxy) is 1. The van der Waals surface area contributed by atoms with Crippen molar-refractivity contribution in [2.45, 2.75) is 13.8 Å². The van der Waals surface area contributed by atoms with Crippen LogP contribution < -0.4 is 9.64 Å². The van der Waals surface area contributed by atoms with Gasteiger partial charge in [0.05, 0.1) is 7.11 Å². The molecule has 0 atom stereocenters. The first-order valence-electron chi connectivity index (χ1n) is 7.86. The Hall–Kier alpha value is -2.81. The SMILES string of the molecule is C=CN(c1ccc(OC)cc1)c1cc(/C(C)=C/C=NC)ccc1C. The fraction of sp³-hybridized carbons (Fsp3) is 0.190. The number of methoxy groups -OCH3 is 1. The van der Waals surface area contributed by atoms with Gasteiger partial charge in [-0.05, 0) is 67.0 Å². The Labute approximate surface area is 144 Å². The molecule has 0 fully saturated rings. The molecule has 0 N–H and O–H groups in total. The van der Waals surface area contributed by atoms with E-state index >= 15 is 0 Å². The molecule has 0 heterocycles. The van der Waals surface area contributed by atoms with Crippen molar-refractivity contribution in [3.05, 3.63) is 72.4 Å². The smallest absolute Gasteiger partial charge is 0.119 e. The topological polar surface area (TPSA) is 24.8 Å². The Balaban J connectivity index is 2.45. The summed E-state index contributed by atoms with van der Waals surface area (Å²) < 4.78 is 5.24. The monoisotopic (exact) mass is 320 g/mol. The van der Waals surface area contributed by atoms with Gasteiger partial charge in [-0.15, -0.1) is 0 Å². The number of rotatable bonds is 6. The summed E-state index contributed by atoms with van der Waals surface area (Å²) >= 11 is 0. The molecule has 2 aromatic carbocycles. The van der Waals surface area contributed by atoms with E-state index in [9.17, 15) is 0 Å². The van der Waals surface area contributed by atoms with E-state index in [1.807, 2.05) is 42.8 Å². The minimum atomic E-state index is 0.839. The fourth-order valence-electron chi connectivity index (χ4n) is 2.48. The normalized spacial score (nSPS) is 11.6. The highest BCUT2D eigenvalue weighted by Gasteiger charge is 2.10. The van der Waals surface area contributed by atoms with E-state index in [4.69, 9.17) is 4.74 Å². The standard InChI is InChI=1S/C21H24N2O/c1-6-23(19-9-11-20(24-5)12-10-19)21-15-18(8-7-17(21)3)16(2)13-14-22-4/h6-15H,1H2,2-5H3/b16-13+,22-14?. The van der Waals surface area contributed by atoms with Gasteiger partial charge in [0, 0.05) is 30.8 Å². The van der Waals surface area contributed by atoms with Gasteiger partial charge in [-0.2, -0.15) is 0 Å². The molecular weight excluding hydrogens is 296 g/mol. The molecule has 0 bridgehead atoms. The van der Waals surface area contributed by atoms with Gasteiger partial charge in [0.1, 0.15) is 5.75 Å². The van der Waals surface area contributed by atoms with Gasteiger partial charge in [-0.3, -0.25) is 4.99 Å². The molecule has 0 aliphatic heterocycles. The minimum absolute atomic E-state index is 0.839. The lowest BCUT2D eigenvalue weighted by molar-refractivity contribution is 0.415. The quantitative estimate of drug-likeness (QED) is 0.667. The molecule has 24 heavy (non-hydrogen) atoms. The average Bonchev–Trinajstić information content (AvgIpc) is 2.62. The minimum Gasteiger partial charge on any atom is -0.497 e. The van der Waals surface area contributed by atoms with Crippen LogP contribution in [-0.4, -0.2) is 20.4 Å². The van der Waals surface area contributed by atoms with Crippen molar-refractivity contribution >= 4 is 23.2 Å². The van der Waals surface area contributed by atoms with Gasteiger partial charge >= 0.3 is 0 Å². The molecule has 0 aromatic heterocycles. The van der Waals surface area contributed by atoms with Crippen molar-refractivity contribution < 1.29 is 4.74 Å². The van der Waals surface area contributed by atoms with Crippen molar-refractivity contribution in [3.8, 4) is 5.75 Å². The molecule has 0 amide bonds. The van der Waals surface area contributed by atoms with Crippen LogP contribution in [0.1, 0.15) is 18.1 Å². The average molecular weight is 320 g/mol. The van der Waals surface area contributed by atoms with Crippen LogP contribution in [0, 0.1) is 6.92 Å². The summed E-state index contributed by atoms with van der Waals surface area (Å²) in [6.07, 6.45) is 5.66. The summed E-state index contributed by atoms with van der Waals surface area (Å²) in [5, 5.41) is 0. The lowest BCUT2D eigenvalue weighted by Gasteiger charge is -2.23. The van der Waals surface area contributed by atoms with Crippen LogP contribution in [-0.2, 0) is 0 Å². The third kappa shape index (κ3) is 3.93. The number of hydrogen-bond acceptors (Lipinski definition) is 3. The van der Waals surface area contributed by atoms with E-state index in [0.717, 1.165) is 22.7 Å². The molecule has 3 heteroatoms. The predicted octanol–water partition coefficient (Wildman–Crippen LogP) is 5.39. The molecule has 0 saturated heterocycles. The lowest BCUT2D eigenvalue weighted by Crippen LogP contribution is -2.09. The Bertz CT molecular complexity index is 758. The number of benzene rings is 2. The van der Waals surface area contributed by atoms with E-state index in [2.05, 4.69) is 48.5 Å². The molecule has 0 saturated carbocycles. The van der Waals surface area contributed by atoms with Gasteiger partial charge in [0.25, 0.3) is 0 Å². The Morgan fingerprint density at radius 1 is 1.17 bits per heavy atom. The summed E-state index contributed by atoms with van der Waals surface area (Å²) in [7, 11) is 3.44. The van der Waals surface area contributed by atoms with Crippen molar-refractivity contribution in [2.75, 3.05) is 19.1 Å². The van der Waals surface area contributed by atoms with E-state index < -0.39 is 0 Å². The molecule has 0 aliphatic rings. The summed E-state index contributed by atoms with van der Waals surface area (Å²) in [6.45, 7) is 8.17. The van der Waals surface area contributed by atoms with Gasteiger partial charge < -0.3 is 9.64 Å². The maximum atomic E-state index is 5.24. The van der Waals surface area contributed by atoms with Crippen molar-refractivity contribution in [1.82, 2.24) is 0 Å². The van der Waals surface area contributed by atoms with E-state index in [0.29, 0.717) is 0 Å². The van der Waals surface area contributed by atoms with Gasteiger partial charge in [0.2, 0.25) is 0 Å². The first kappa shape index (κ1) is 17.5. The van der Waals surface area contributed by atoms with Crippen LogP contribution in [0.4, 0.5) is 11.4 Å². The molecule has 2 rings (SSSR count). The molecule has 2 aromatic rings. The molecule has 0 radical (unpaired) electrons.